The molecule has 0 unspecified atom stereocenters. The summed E-state index contributed by atoms with van der Waals surface area (Å²) < 4.78 is 7.49. The van der Waals surface area contributed by atoms with Crippen LogP contribution in [0.25, 0.3) is 11.1 Å². The van der Waals surface area contributed by atoms with Crippen molar-refractivity contribution in [3.8, 4) is 16.9 Å². The fourth-order valence-corrected chi connectivity index (χ4v) is 3.98. The summed E-state index contributed by atoms with van der Waals surface area (Å²) >= 11 is 0. The molecule has 3 rings (SSSR count). The lowest BCUT2D eigenvalue weighted by Crippen LogP contribution is -2.47. The zero-order valence-electron chi connectivity index (χ0n) is 16.1. The minimum Gasteiger partial charge on any atom is -0.496 e. The normalized spacial score (nSPS) is 16.0. The lowest BCUT2D eigenvalue weighted by atomic mass is 9.70. The van der Waals surface area contributed by atoms with Crippen molar-refractivity contribution in [2.45, 2.75) is 38.6 Å². The third kappa shape index (κ3) is 2.69. The highest BCUT2D eigenvalue weighted by molar-refractivity contribution is 5.69. The van der Waals surface area contributed by atoms with Crippen LogP contribution in [0.5, 0.6) is 5.75 Å². The molecule has 0 saturated heterocycles. The molecule has 134 valence electrons. The standard InChI is InChI=1S/C21H28N2O2/c1-14-12-17(15(2)23(5)20(14)24)16-8-9-18(19(13-16)25-6)21(22(3)4)10-7-11-21/h8-9,12-13H,7,10-11H2,1-6H3. The largest absolute Gasteiger partial charge is 0.496 e. The van der Waals surface area contributed by atoms with Crippen molar-refractivity contribution in [1.29, 1.82) is 0 Å². The van der Waals surface area contributed by atoms with Crippen LogP contribution in [-0.2, 0) is 12.6 Å². The lowest BCUT2D eigenvalue weighted by molar-refractivity contribution is 0.0551. The van der Waals surface area contributed by atoms with E-state index in [1.54, 1.807) is 11.7 Å². The van der Waals surface area contributed by atoms with Gasteiger partial charge < -0.3 is 9.30 Å². The van der Waals surface area contributed by atoms with Crippen LogP contribution in [0.1, 0.15) is 36.1 Å². The van der Waals surface area contributed by atoms with Gasteiger partial charge in [-0.2, -0.15) is 0 Å². The highest BCUT2D eigenvalue weighted by Gasteiger charge is 2.42. The maximum Gasteiger partial charge on any atom is 0.253 e. The minimum absolute atomic E-state index is 0.0610. The zero-order chi connectivity index (χ0) is 18.4. The highest BCUT2D eigenvalue weighted by atomic mass is 16.5. The van der Waals surface area contributed by atoms with E-state index in [-0.39, 0.29) is 11.1 Å². The Morgan fingerprint density at radius 1 is 1.16 bits per heavy atom. The fraction of sp³-hybridized carbons (Fsp3) is 0.476. The molecule has 0 spiro atoms. The first-order valence-corrected chi connectivity index (χ1v) is 8.85. The molecule has 1 aromatic carbocycles. The molecule has 0 amide bonds. The molecule has 1 aliphatic carbocycles. The number of pyridine rings is 1. The van der Waals surface area contributed by atoms with Crippen molar-refractivity contribution in [3.63, 3.8) is 0 Å². The van der Waals surface area contributed by atoms with Crippen LogP contribution in [0.3, 0.4) is 0 Å². The van der Waals surface area contributed by atoms with Gasteiger partial charge in [-0.3, -0.25) is 9.69 Å². The summed E-state index contributed by atoms with van der Waals surface area (Å²) in [6.07, 6.45) is 3.57. The Morgan fingerprint density at radius 3 is 2.36 bits per heavy atom. The third-order valence-electron chi connectivity index (χ3n) is 5.95. The molecule has 0 bridgehead atoms. The van der Waals surface area contributed by atoms with Gasteiger partial charge in [0.05, 0.1) is 7.11 Å². The second-order valence-electron chi connectivity index (χ2n) is 7.39. The SMILES string of the molecule is COc1cc(-c2cc(C)c(=O)n(C)c2C)ccc1C1(N(C)C)CCC1. The number of aromatic nitrogens is 1. The minimum atomic E-state index is 0.0610. The summed E-state index contributed by atoms with van der Waals surface area (Å²) in [6.45, 7) is 3.86. The topological polar surface area (TPSA) is 34.5 Å². The second-order valence-corrected chi connectivity index (χ2v) is 7.39. The van der Waals surface area contributed by atoms with E-state index in [1.807, 2.05) is 27.0 Å². The third-order valence-corrected chi connectivity index (χ3v) is 5.95. The average molecular weight is 340 g/mol. The maximum atomic E-state index is 12.1. The molecule has 1 fully saturated rings. The van der Waals surface area contributed by atoms with E-state index in [0.29, 0.717) is 0 Å². The number of benzene rings is 1. The number of nitrogens with zero attached hydrogens (tertiary/aromatic N) is 2. The second kappa shape index (κ2) is 6.34. The lowest BCUT2D eigenvalue weighted by Gasteiger charge is -2.48. The Hall–Kier alpha value is -2.07. The van der Waals surface area contributed by atoms with Gasteiger partial charge in [-0.05, 0) is 64.9 Å². The molecule has 1 aromatic heterocycles. The first kappa shape index (κ1) is 17.7. The highest BCUT2D eigenvalue weighted by Crippen LogP contribution is 2.49. The van der Waals surface area contributed by atoms with E-state index < -0.39 is 0 Å². The number of ether oxygens (including phenoxy) is 1. The van der Waals surface area contributed by atoms with Gasteiger partial charge in [-0.25, -0.2) is 0 Å². The first-order chi connectivity index (χ1) is 11.8. The van der Waals surface area contributed by atoms with E-state index in [1.165, 1.54) is 12.0 Å². The van der Waals surface area contributed by atoms with Crippen molar-refractivity contribution in [1.82, 2.24) is 9.47 Å². The number of hydrogen-bond donors (Lipinski definition) is 0. The van der Waals surface area contributed by atoms with E-state index in [2.05, 4.69) is 37.2 Å². The summed E-state index contributed by atoms with van der Waals surface area (Å²) in [6, 6.07) is 8.46. The molecular formula is C21H28N2O2. The van der Waals surface area contributed by atoms with Gasteiger partial charge in [0.15, 0.2) is 0 Å². The van der Waals surface area contributed by atoms with Gasteiger partial charge in [0.2, 0.25) is 0 Å². The number of methoxy groups -OCH3 is 1. The van der Waals surface area contributed by atoms with Crippen LogP contribution in [0.2, 0.25) is 0 Å². The zero-order valence-corrected chi connectivity index (χ0v) is 16.1. The van der Waals surface area contributed by atoms with Gasteiger partial charge in [0.1, 0.15) is 5.75 Å². The van der Waals surface area contributed by atoms with Gasteiger partial charge in [0.25, 0.3) is 5.56 Å². The Kier molecular flexibility index (Phi) is 4.50. The molecule has 1 aliphatic rings. The first-order valence-electron chi connectivity index (χ1n) is 8.85. The van der Waals surface area contributed by atoms with Crippen LogP contribution < -0.4 is 10.3 Å². The Morgan fingerprint density at radius 2 is 1.84 bits per heavy atom. The quantitative estimate of drug-likeness (QED) is 0.852. The average Bonchev–Trinajstić information content (AvgIpc) is 2.55. The van der Waals surface area contributed by atoms with Gasteiger partial charge in [-0.15, -0.1) is 0 Å². The number of aryl methyl sites for hydroxylation is 1. The maximum absolute atomic E-state index is 12.1. The molecule has 0 aliphatic heterocycles. The van der Waals surface area contributed by atoms with E-state index >= 15 is 0 Å². The van der Waals surface area contributed by atoms with E-state index in [9.17, 15) is 4.79 Å². The Labute approximate surface area is 150 Å². The number of rotatable bonds is 4. The van der Waals surface area contributed by atoms with E-state index in [0.717, 1.165) is 41.0 Å². The van der Waals surface area contributed by atoms with Crippen molar-refractivity contribution in [2.75, 3.05) is 21.2 Å². The summed E-state index contributed by atoms with van der Waals surface area (Å²) in [4.78, 5) is 14.5. The monoisotopic (exact) mass is 340 g/mol. The molecule has 2 aromatic rings. The molecular weight excluding hydrogens is 312 g/mol. The molecule has 25 heavy (non-hydrogen) atoms. The summed E-state index contributed by atoms with van der Waals surface area (Å²) in [7, 11) is 7.86. The van der Waals surface area contributed by atoms with Crippen LogP contribution >= 0.6 is 0 Å². The molecule has 1 saturated carbocycles. The van der Waals surface area contributed by atoms with Crippen molar-refractivity contribution in [2.24, 2.45) is 7.05 Å². The summed E-state index contributed by atoms with van der Waals surface area (Å²) in [5.74, 6) is 0.928. The number of hydrogen-bond acceptors (Lipinski definition) is 3. The molecule has 0 N–H and O–H groups in total. The molecule has 4 heteroatoms. The van der Waals surface area contributed by atoms with E-state index in [4.69, 9.17) is 4.74 Å². The van der Waals surface area contributed by atoms with Gasteiger partial charge in [0, 0.05) is 35.0 Å². The van der Waals surface area contributed by atoms with Gasteiger partial charge >= 0.3 is 0 Å². The molecule has 4 nitrogen and oxygen atoms in total. The smallest absolute Gasteiger partial charge is 0.253 e. The Balaban J connectivity index is 2.14. The fourth-order valence-electron chi connectivity index (χ4n) is 3.98. The van der Waals surface area contributed by atoms with Crippen LogP contribution in [0, 0.1) is 13.8 Å². The van der Waals surface area contributed by atoms with Crippen LogP contribution in [0.4, 0.5) is 0 Å². The summed E-state index contributed by atoms with van der Waals surface area (Å²) in [5, 5.41) is 0. The Bertz CT molecular complexity index is 861. The van der Waals surface area contributed by atoms with Gasteiger partial charge in [-0.1, -0.05) is 12.1 Å². The molecule has 0 radical (unpaired) electrons. The van der Waals surface area contributed by atoms with Crippen LogP contribution in [0.15, 0.2) is 29.1 Å². The van der Waals surface area contributed by atoms with Crippen molar-refractivity contribution in [3.05, 3.63) is 51.4 Å². The summed E-state index contributed by atoms with van der Waals surface area (Å²) in [5.41, 5.74) is 5.30. The van der Waals surface area contributed by atoms with Crippen molar-refractivity contribution >= 4 is 0 Å². The van der Waals surface area contributed by atoms with Crippen LogP contribution in [-0.4, -0.2) is 30.7 Å². The predicted octanol–water partition coefficient (Wildman–Crippen LogP) is 3.62. The molecule has 1 heterocycles. The van der Waals surface area contributed by atoms with Crippen molar-refractivity contribution < 1.29 is 4.74 Å². The molecule has 0 atom stereocenters. The predicted molar refractivity (Wildman–Crippen MR) is 102 cm³/mol.